The van der Waals surface area contributed by atoms with Crippen molar-refractivity contribution in [3.8, 4) is 0 Å². The van der Waals surface area contributed by atoms with E-state index >= 15 is 0 Å². The van der Waals surface area contributed by atoms with Crippen LogP contribution in [-0.4, -0.2) is 40.0 Å². The topological polar surface area (TPSA) is 68.5 Å². The van der Waals surface area contributed by atoms with E-state index in [-0.39, 0.29) is 12.0 Å². The third kappa shape index (κ3) is 3.64. The van der Waals surface area contributed by atoms with E-state index in [0.717, 1.165) is 49.3 Å². The summed E-state index contributed by atoms with van der Waals surface area (Å²) in [6, 6.07) is 11.4. The largest absolute Gasteiger partial charge is 0.440 e. The zero-order valence-electron chi connectivity index (χ0n) is 15.7. The van der Waals surface area contributed by atoms with Crippen molar-refractivity contribution in [3.63, 3.8) is 0 Å². The number of ether oxygens (including phenoxy) is 1. The number of hydrogen-bond acceptors (Lipinski definition) is 5. The summed E-state index contributed by atoms with van der Waals surface area (Å²) >= 11 is 0. The second-order valence-electron chi connectivity index (χ2n) is 7.66. The second-order valence-corrected chi connectivity index (χ2v) is 7.66. The third-order valence-corrected chi connectivity index (χ3v) is 5.44. The highest BCUT2D eigenvalue weighted by molar-refractivity contribution is 5.97. The molecule has 1 amide bonds. The molecular formula is C22H23N3O3. The summed E-state index contributed by atoms with van der Waals surface area (Å²) in [4.78, 5) is 23.7. The standard InChI is InChI=1S/C22H23N3O3/c26-22(16-8-9-19-20(12-16)28-21(24-19)15-6-7-15)25-11-3-5-18(13-25)27-14-17-4-1-2-10-23-17/h1-2,4,8-10,12,15,18H,3,5-7,11,13-14H2. The first-order chi connectivity index (χ1) is 13.8. The minimum atomic E-state index is 0.0254. The molecule has 2 fully saturated rings. The van der Waals surface area contributed by atoms with Gasteiger partial charge in [0.2, 0.25) is 0 Å². The zero-order chi connectivity index (χ0) is 18.9. The SMILES string of the molecule is O=C(c1ccc2nc(C3CC3)oc2c1)N1CCCC(OCc2ccccn2)C1. The van der Waals surface area contributed by atoms with Crippen molar-refractivity contribution in [3.05, 3.63) is 59.7 Å². The Balaban J connectivity index is 1.25. The van der Waals surface area contributed by atoms with Crippen LogP contribution in [0.3, 0.4) is 0 Å². The molecule has 3 aromatic rings. The maximum absolute atomic E-state index is 13.0. The molecule has 1 saturated heterocycles. The molecule has 5 rings (SSSR count). The van der Waals surface area contributed by atoms with Crippen LogP contribution in [0.25, 0.3) is 11.1 Å². The van der Waals surface area contributed by atoms with Crippen LogP contribution < -0.4 is 0 Å². The molecule has 2 aliphatic rings. The molecule has 1 aliphatic carbocycles. The van der Waals surface area contributed by atoms with Gasteiger partial charge in [-0.3, -0.25) is 9.78 Å². The number of pyridine rings is 1. The van der Waals surface area contributed by atoms with Gasteiger partial charge in [-0.05, 0) is 56.0 Å². The molecule has 1 unspecified atom stereocenters. The summed E-state index contributed by atoms with van der Waals surface area (Å²) in [6.45, 7) is 1.83. The summed E-state index contributed by atoms with van der Waals surface area (Å²) < 4.78 is 11.9. The number of carbonyl (C=O) groups is 1. The molecule has 1 aliphatic heterocycles. The predicted molar refractivity (Wildman–Crippen MR) is 104 cm³/mol. The normalized spacial score (nSPS) is 19.9. The number of carbonyl (C=O) groups excluding carboxylic acids is 1. The molecule has 3 heterocycles. The molecule has 1 aromatic carbocycles. The summed E-state index contributed by atoms with van der Waals surface area (Å²) in [5.41, 5.74) is 3.09. The number of piperidine rings is 1. The number of nitrogens with zero attached hydrogens (tertiary/aromatic N) is 3. The van der Waals surface area contributed by atoms with Crippen LogP contribution in [-0.2, 0) is 11.3 Å². The van der Waals surface area contributed by atoms with Gasteiger partial charge < -0.3 is 14.1 Å². The van der Waals surface area contributed by atoms with Gasteiger partial charge in [0.25, 0.3) is 5.91 Å². The number of benzene rings is 1. The first-order valence-electron chi connectivity index (χ1n) is 9.97. The van der Waals surface area contributed by atoms with Gasteiger partial charge in [-0.15, -0.1) is 0 Å². The number of fused-ring (bicyclic) bond motifs is 1. The van der Waals surface area contributed by atoms with Crippen molar-refractivity contribution < 1.29 is 13.9 Å². The van der Waals surface area contributed by atoms with Crippen LogP contribution in [0.15, 0.2) is 47.0 Å². The summed E-state index contributed by atoms with van der Waals surface area (Å²) in [5.74, 6) is 1.30. The van der Waals surface area contributed by atoms with Crippen LogP contribution in [0.1, 0.15) is 53.5 Å². The number of amides is 1. The molecule has 1 saturated carbocycles. The van der Waals surface area contributed by atoms with E-state index in [1.165, 1.54) is 0 Å². The maximum Gasteiger partial charge on any atom is 0.254 e. The Morgan fingerprint density at radius 3 is 2.96 bits per heavy atom. The van der Waals surface area contributed by atoms with Gasteiger partial charge in [-0.25, -0.2) is 4.98 Å². The van der Waals surface area contributed by atoms with E-state index in [9.17, 15) is 4.79 Å². The summed E-state index contributed by atoms with van der Waals surface area (Å²) in [6.07, 6.45) is 6.00. The highest BCUT2D eigenvalue weighted by atomic mass is 16.5. The quantitative estimate of drug-likeness (QED) is 0.674. The molecule has 0 bridgehead atoms. The molecular weight excluding hydrogens is 354 g/mol. The van der Waals surface area contributed by atoms with Gasteiger partial charge in [0.15, 0.2) is 11.5 Å². The number of likely N-dealkylation sites (tertiary alicyclic amines) is 1. The van der Waals surface area contributed by atoms with E-state index in [1.54, 1.807) is 6.20 Å². The first-order valence-corrected chi connectivity index (χ1v) is 9.97. The van der Waals surface area contributed by atoms with Crippen LogP contribution in [0, 0.1) is 0 Å². The molecule has 1 atom stereocenters. The fourth-order valence-electron chi connectivity index (χ4n) is 3.71. The Labute approximate surface area is 163 Å². The molecule has 2 aromatic heterocycles. The third-order valence-electron chi connectivity index (χ3n) is 5.44. The van der Waals surface area contributed by atoms with Crippen molar-refractivity contribution >= 4 is 17.0 Å². The average Bonchev–Trinajstić information content (AvgIpc) is 3.51. The van der Waals surface area contributed by atoms with E-state index < -0.39 is 0 Å². The summed E-state index contributed by atoms with van der Waals surface area (Å²) in [7, 11) is 0. The molecule has 28 heavy (non-hydrogen) atoms. The van der Waals surface area contributed by atoms with Crippen molar-refractivity contribution in [2.24, 2.45) is 0 Å². The number of rotatable bonds is 5. The lowest BCUT2D eigenvalue weighted by atomic mass is 10.1. The van der Waals surface area contributed by atoms with Crippen LogP contribution in [0.5, 0.6) is 0 Å². The number of aromatic nitrogens is 2. The highest BCUT2D eigenvalue weighted by Crippen LogP contribution is 2.40. The van der Waals surface area contributed by atoms with Gasteiger partial charge in [0.1, 0.15) is 5.52 Å². The Bertz CT molecular complexity index is 981. The fraction of sp³-hybridized carbons (Fsp3) is 0.409. The van der Waals surface area contributed by atoms with E-state index in [2.05, 4.69) is 9.97 Å². The monoisotopic (exact) mass is 377 g/mol. The molecule has 6 heteroatoms. The summed E-state index contributed by atoms with van der Waals surface area (Å²) in [5, 5.41) is 0. The van der Waals surface area contributed by atoms with E-state index in [4.69, 9.17) is 9.15 Å². The smallest absolute Gasteiger partial charge is 0.254 e. The van der Waals surface area contributed by atoms with Crippen LogP contribution in [0.4, 0.5) is 0 Å². The van der Waals surface area contributed by atoms with Crippen molar-refractivity contribution in [2.45, 2.75) is 44.3 Å². The lowest BCUT2D eigenvalue weighted by molar-refractivity contribution is -0.00785. The molecule has 0 radical (unpaired) electrons. The minimum absolute atomic E-state index is 0.0254. The van der Waals surface area contributed by atoms with Crippen LogP contribution in [0.2, 0.25) is 0 Å². The van der Waals surface area contributed by atoms with Crippen LogP contribution >= 0.6 is 0 Å². The Kier molecular flexibility index (Phi) is 4.56. The fourth-order valence-corrected chi connectivity index (χ4v) is 3.71. The van der Waals surface area contributed by atoms with Gasteiger partial charge in [-0.1, -0.05) is 6.07 Å². The maximum atomic E-state index is 13.0. The van der Waals surface area contributed by atoms with Crippen molar-refractivity contribution in [1.29, 1.82) is 0 Å². The van der Waals surface area contributed by atoms with Gasteiger partial charge >= 0.3 is 0 Å². The lowest BCUT2D eigenvalue weighted by Crippen LogP contribution is -2.43. The van der Waals surface area contributed by atoms with Gasteiger partial charge in [0.05, 0.1) is 18.4 Å². The highest BCUT2D eigenvalue weighted by Gasteiger charge is 2.29. The van der Waals surface area contributed by atoms with Gasteiger partial charge in [0, 0.05) is 30.8 Å². The Hall–Kier alpha value is -2.73. The second kappa shape index (κ2) is 7.36. The van der Waals surface area contributed by atoms with Crippen molar-refractivity contribution in [1.82, 2.24) is 14.9 Å². The molecule has 144 valence electrons. The molecule has 6 nitrogen and oxygen atoms in total. The van der Waals surface area contributed by atoms with Crippen molar-refractivity contribution in [2.75, 3.05) is 13.1 Å². The van der Waals surface area contributed by atoms with Gasteiger partial charge in [-0.2, -0.15) is 0 Å². The number of hydrogen-bond donors (Lipinski definition) is 0. The first kappa shape index (κ1) is 17.4. The predicted octanol–water partition coefficient (Wildman–Crippen LogP) is 3.92. The van der Waals surface area contributed by atoms with E-state index in [1.807, 2.05) is 41.3 Å². The number of oxazole rings is 1. The minimum Gasteiger partial charge on any atom is -0.440 e. The molecule has 0 N–H and O–H groups in total. The van der Waals surface area contributed by atoms with E-state index in [0.29, 0.717) is 30.2 Å². The zero-order valence-corrected chi connectivity index (χ0v) is 15.7. The average molecular weight is 377 g/mol. The Morgan fingerprint density at radius 1 is 1.21 bits per heavy atom. The lowest BCUT2D eigenvalue weighted by Gasteiger charge is -2.32. The molecule has 0 spiro atoms. The Morgan fingerprint density at radius 2 is 2.14 bits per heavy atom.